The molecule has 0 bridgehead atoms. The van der Waals surface area contributed by atoms with Gasteiger partial charge < -0.3 is 14.6 Å². The van der Waals surface area contributed by atoms with Gasteiger partial charge in [0.05, 0.1) is 25.0 Å². The Labute approximate surface area is 168 Å². The first-order valence-corrected chi connectivity index (χ1v) is 9.39. The van der Waals surface area contributed by atoms with Gasteiger partial charge in [-0.15, -0.1) is 0 Å². The SMILES string of the molecule is CC[C@H](Cn1nc(-c2ccc(OC)cc2)ccc1=O)NC(=O)c1c(C)noc1C. The van der Waals surface area contributed by atoms with Crippen LogP contribution in [0.1, 0.15) is 35.2 Å². The van der Waals surface area contributed by atoms with E-state index in [2.05, 4.69) is 15.6 Å². The zero-order valence-electron chi connectivity index (χ0n) is 16.9. The molecule has 0 spiro atoms. The van der Waals surface area contributed by atoms with Crippen molar-refractivity contribution in [2.45, 2.75) is 39.8 Å². The van der Waals surface area contributed by atoms with E-state index in [0.29, 0.717) is 29.1 Å². The summed E-state index contributed by atoms with van der Waals surface area (Å²) in [5.41, 5.74) is 2.26. The van der Waals surface area contributed by atoms with E-state index in [1.807, 2.05) is 31.2 Å². The van der Waals surface area contributed by atoms with Crippen molar-refractivity contribution < 1.29 is 14.1 Å². The molecule has 1 N–H and O–H groups in total. The van der Waals surface area contributed by atoms with Crippen LogP contribution in [0.25, 0.3) is 11.3 Å². The van der Waals surface area contributed by atoms with Gasteiger partial charge in [-0.05, 0) is 50.6 Å². The molecule has 0 saturated carbocycles. The zero-order chi connectivity index (χ0) is 21.0. The van der Waals surface area contributed by atoms with Crippen molar-refractivity contribution in [3.8, 4) is 17.0 Å². The Hall–Kier alpha value is -3.42. The van der Waals surface area contributed by atoms with E-state index in [-0.39, 0.29) is 24.1 Å². The lowest BCUT2D eigenvalue weighted by Gasteiger charge is -2.18. The molecule has 0 saturated heterocycles. The minimum absolute atomic E-state index is 0.229. The van der Waals surface area contributed by atoms with Crippen LogP contribution in [0.15, 0.2) is 45.7 Å². The molecule has 0 unspecified atom stereocenters. The third-order valence-electron chi connectivity index (χ3n) is 4.73. The Balaban J connectivity index is 1.80. The largest absolute Gasteiger partial charge is 0.497 e. The van der Waals surface area contributed by atoms with E-state index < -0.39 is 0 Å². The number of nitrogens with zero attached hydrogens (tertiary/aromatic N) is 3. The molecule has 3 aromatic rings. The van der Waals surface area contributed by atoms with Gasteiger partial charge in [-0.3, -0.25) is 9.59 Å². The Bertz CT molecular complexity index is 1030. The van der Waals surface area contributed by atoms with Crippen molar-refractivity contribution in [2.75, 3.05) is 7.11 Å². The fraction of sp³-hybridized carbons (Fsp3) is 0.333. The molecule has 0 aliphatic carbocycles. The third-order valence-corrected chi connectivity index (χ3v) is 4.73. The van der Waals surface area contributed by atoms with E-state index in [0.717, 1.165) is 11.3 Å². The lowest BCUT2D eigenvalue weighted by atomic mass is 10.1. The van der Waals surface area contributed by atoms with E-state index in [1.165, 1.54) is 10.7 Å². The van der Waals surface area contributed by atoms with Crippen LogP contribution in [-0.4, -0.2) is 34.0 Å². The van der Waals surface area contributed by atoms with Gasteiger partial charge >= 0.3 is 0 Å². The summed E-state index contributed by atoms with van der Waals surface area (Å²) >= 11 is 0. The van der Waals surface area contributed by atoms with Crippen molar-refractivity contribution in [1.29, 1.82) is 0 Å². The molecule has 8 heteroatoms. The topological polar surface area (TPSA) is 99.2 Å². The number of nitrogens with one attached hydrogen (secondary N) is 1. The minimum Gasteiger partial charge on any atom is -0.497 e. The quantitative estimate of drug-likeness (QED) is 0.659. The average Bonchev–Trinajstić information content (AvgIpc) is 3.07. The van der Waals surface area contributed by atoms with Crippen molar-refractivity contribution >= 4 is 5.91 Å². The summed E-state index contributed by atoms with van der Waals surface area (Å²) in [6, 6.07) is 10.3. The lowest BCUT2D eigenvalue weighted by molar-refractivity contribution is 0.0928. The second-order valence-electron chi connectivity index (χ2n) is 6.75. The highest BCUT2D eigenvalue weighted by molar-refractivity contribution is 5.96. The molecule has 2 heterocycles. The van der Waals surface area contributed by atoms with Crippen LogP contribution < -0.4 is 15.6 Å². The van der Waals surface area contributed by atoms with Gasteiger partial charge in [-0.1, -0.05) is 12.1 Å². The van der Waals surface area contributed by atoms with E-state index in [9.17, 15) is 9.59 Å². The first-order chi connectivity index (χ1) is 13.9. The maximum atomic E-state index is 12.6. The summed E-state index contributed by atoms with van der Waals surface area (Å²) in [4.78, 5) is 24.9. The first-order valence-electron chi connectivity index (χ1n) is 9.39. The lowest BCUT2D eigenvalue weighted by Crippen LogP contribution is -2.40. The number of carbonyl (C=O) groups is 1. The van der Waals surface area contributed by atoms with Gasteiger partial charge in [0, 0.05) is 17.7 Å². The summed E-state index contributed by atoms with van der Waals surface area (Å²) in [6.07, 6.45) is 0.635. The molecule has 0 radical (unpaired) electrons. The van der Waals surface area contributed by atoms with Crippen molar-refractivity contribution in [3.63, 3.8) is 0 Å². The number of amides is 1. The van der Waals surface area contributed by atoms with Gasteiger partial charge in [-0.2, -0.15) is 5.10 Å². The Morgan fingerprint density at radius 2 is 1.93 bits per heavy atom. The standard InChI is InChI=1S/C21H24N4O4/c1-5-16(22-21(27)20-13(2)24-29-14(20)3)12-25-19(26)11-10-18(23-25)15-6-8-17(28-4)9-7-15/h6-11,16H,5,12H2,1-4H3,(H,22,27)/t16-/m1/s1. The van der Waals surface area contributed by atoms with Gasteiger partial charge in [0.15, 0.2) is 0 Å². The van der Waals surface area contributed by atoms with Crippen LogP contribution in [0.4, 0.5) is 0 Å². The smallest absolute Gasteiger partial charge is 0.266 e. The predicted octanol–water partition coefficient (Wildman–Crippen LogP) is 2.73. The number of carbonyl (C=O) groups excluding carboxylic acids is 1. The molecule has 8 nitrogen and oxygen atoms in total. The maximum absolute atomic E-state index is 12.6. The number of hydrogen-bond acceptors (Lipinski definition) is 6. The fourth-order valence-corrected chi connectivity index (χ4v) is 3.05. The number of methoxy groups -OCH3 is 1. The molecular formula is C21H24N4O4. The molecule has 0 aliphatic rings. The normalized spacial score (nSPS) is 11.9. The Morgan fingerprint density at radius 1 is 1.21 bits per heavy atom. The molecule has 1 atom stereocenters. The minimum atomic E-state index is -0.271. The number of aryl methyl sites for hydroxylation is 2. The molecule has 0 fully saturated rings. The zero-order valence-corrected chi connectivity index (χ0v) is 16.9. The monoisotopic (exact) mass is 396 g/mol. The van der Waals surface area contributed by atoms with Gasteiger partial charge in [-0.25, -0.2) is 4.68 Å². The summed E-state index contributed by atoms with van der Waals surface area (Å²) < 4.78 is 11.6. The van der Waals surface area contributed by atoms with Crippen LogP contribution in [0.2, 0.25) is 0 Å². The molecule has 1 amide bonds. The average molecular weight is 396 g/mol. The molecule has 2 aromatic heterocycles. The molecule has 29 heavy (non-hydrogen) atoms. The summed E-state index contributed by atoms with van der Waals surface area (Å²) in [5.74, 6) is 0.939. The fourth-order valence-electron chi connectivity index (χ4n) is 3.05. The van der Waals surface area contributed by atoms with Gasteiger partial charge in [0.2, 0.25) is 0 Å². The number of aromatic nitrogens is 3. The second kappa shape index (κ2) is 8.72. The van der Waals surface area contributed by atoms with Gasteiger partial charge in [0.25, 0.3) is 11.5 Å². The van der Waals surface area contributed by atoms with Crippen molar-refractivity contribution in [2.24, 2.45) is 0 Å². The highest BCUT2D eigenvalue weighted by atomic mass is 16.5. The molecular weight excluding hydrogens is 372 g/mol. The van der Waals surface area contributed by atoms with Crippen molar-refractivity contribution in [1.82, 2.24) is 20.3 Å². The van der Waals surface area contributed by atoms with Crippen LogP contribution in [0, 0.1) is 13.8 Å². The highest BCUT2D eigenvalue weighted by Crippen LogP contribution is 2.19. The first kappa shape index (κ1) is 20.3. The number of benzene rings is 1. The van der Waals surface area contributed by atoms with E-state index in [1.54, 1.807) is 27.0 Å². The predicted molar refractivity (Wildman–Crippen MR) is 108 cm³/mol. The van der Waals surface area contributed by atoms with Crippen LogP contribution >= 0.6 is 0 Å². The molecule has 3 rings (SSSR count). The molecule has 1 aromatic carbocycles. The van der Waals surface area contributed by atoms with Crippen LogP contribution in [0.5, 0.6) is 5.75 Å². The number of rotatable bonds is 7. The summed E-state index contributed by atoms with van der Waals surface area (Å²) in [6.45, 7) is 5.61. The van der Waals surface area contributed by atoms with E-state index in [4.69, 9.17) is 9.26 Å². The second-order valence-corrected chi connectivity index (χ2v) is 6.75. The summed E-state index contributed by atoms with van der Waals surface area (Å²) in [5, 5.41) is 11.2. The van der Waals surface area contributed by atoms with Crippen LogP contribution in [-0.2, 0) is 6.54 Å². The Kier molecular flexibility index (Phi) is 6.11. The van der Waals surface area contributed by atoms with Crippen LogP contribution in [0.3, 0.4) is 0 Å². The maximum Gasteiger partial charge on any atom is 0.266 e. The van der Waals surface area contributed by atoms with Crippen molar-refractivity contribution in [3.05, 3.63) is 63.8 Å². The highest BCUT2D eigenvalue weighted by Gasteiger charge is 2.20. The van der Waals surface area contributed by atoms with E-state index >= 15 is 0 Å². The third kappa shape index (κ3) is 4.53. The van der Waals surface area contributed by atoms with Gasteiger partial charge in [0.1, 0.15) is 17.1 Å². The number of hydrogen-bond donors (Lipinski definition) is 1. The Morgan fingerprint density at radius 3 is 2.52 bits per heavy atom. The number of ether oxygens (including phenoxy) is 1. The molecule has 0 aliphatic heterocycles. The summed E-state index contributed by atoms with van der Waals surface area (Å²) in [7, 11) is 1.61. The molecule has 152 valence electrons.